The van der Waals surface area contributed by atoms with Gasteiger partial charge in [-0.2, -0.15) is 0 Å². The highest BCUT2D eigenvalue weighted by atomic mass is 79.9. The van der Waals surface area contributed by atoms with Gasteiger partial charge in [0.15, 0.2) is 5.69 Å². The smallest absolute Gasteiger partial charge is 0.273 e. The molecule has 0 saturated carbocycles. The summed E-state index contributed by atoms with van der Waals surface area (Å²) in [7, 11) is 0. The normalized spacial score (nSPS) is 20.3. The molecule has 1 saturated heterocycles. The zero-order valence-electron chi connectivity index (χ0n) is 13.6. The van der Waals surface area contributed by atoms with E-state index >= 15 is 0 Å². The molecule has 1 aromatic heterocycles. The molecule has 0 radical (unpaired) electrons. The van der Waals surface area contributed by atoms with Gasteiger partial charge < -0.3 is 10.6 Å². The van der Waals surface area contributed by atoms with Gasteiger partial charge in [-0.05, 0) is 50.6 Å². The molecule has 2 unspecified atom stereocenters. The summed E-state index contributed by atoms with van der Waals surface area (Å²) in [5.41, 5.74) is 2.00. The third-order valence-corrected chi connectivity index (χ3v) is 4.76. The molecule has 1 aliphatic heterocycles. The van der Waals surface area contributed by atoms with Crippen LogP contribution in [0.1, 0.15) is 29.5 Å². The van der Waals surface area contributed by atoms with E-state index in [2.05, 4.69) is 43.8 Å². The highest BCUT2D eigenvalue weighted by molar-refractivity contribution is 9.10. The quantitative estimate of drug-likeness (QED) is 0.809. The fourth-order valence-corrected chi connectivity index (χ4v) is 3.24. The van der Waals surface area contributed by atoms with Gasteiger partial charge in [-0.1, -0.05) is 34.1 Å². The van der Waals surface area contributed by atoms with Gasteiger partial charge in [-0.25, -0.2) is 4.68 Å². The first-order valence-corrected chi connectivity index (χ1v) is 8.55. The second-order valence-electron chi connectivity index (χ2n) is 5.97. The van der Waals surface area contributed by atoms with Gasteiger partial charge in [-0.15, -0.1) is 17.5 Å². The van der Waals surface area contributed by atoms with Crippen molar-refractivity contribution in [3.63, 3.8) is 0 Å². The van der Waals surface area contributed by atoms with E-state index in [0.717, 1.165) is 35.4 Å². The predicted molar refractivity (Wildman–Crippen MR) is 98.9 cm³/mol. The fraction of sp³-hybridized carbons (Fsp3) is 0.438. The van der Waals surface area contributed by atoms with E-state index in [1.165, 1.54) is 0 Å². The van der Waals surface area contributed by atoms with Crippen molar-refractivity contribution in [3.8, 4) is 5.69 Å². The molecule has 1 fully saturated rings. The zero-order chi connectivity index (χ0) is 16.4. The first-order chi connectivity index (χ1) is 11.1. The van der Waals surface area contributed by atoms with E-state index in [1.54, 1.807) is 4.68 Å². The van der Waals surface area contributed by atoms with Crippen molar-refractivity contribution in [2.45, 2.75) is 26.3 Å². The number of carbonyl (C=O) groups excluding carboxylic acids is 1. The largest absolute Gasteiger partial charge is 0.347 e. The Morgan fingerprint density at radius 1 is 1.46 bits per heavy atom. The lowest BCUT2D eigenvalue weighted by atomic mass is 9.95. The van der Waals surface area contributed by atoms with Crippen LogP contribution in [-0.2, 0) is 0 Å². The Hall–Kier alpha value is -1.44. The zero-order valence-corrected chi connectivity index (χ0v) is 16.0. The number of halogens is 2. The van der Waals surface area contributed by atoms with E-state index in [9.17, 15) is 4.79 Å². The maximum absolute atomic E-state index is 12.5. The fourth-order valence-electron chi connectivity index (χ4n) is 2.86. The monoisotopic (exact) mass is 413 g/mol. The Balaban J connectivity index is 0.00000208. The Morgan fingerprint density at radius 2 is 2.25 bits per heavy atom. The molecule has 8 heteroatoms. The van der Waals surface area contributed by atoms with Crippen molar-refractivity contribution in [3.05, 3.63) is 40.1 Å². The summed E-state index contributed by atoms with van der Waals surface area (Å²) >= 11 is 3.45. The lowest BCUT2D eigenvalue weighted by molar-refractivity contribution is 0.0908. The number of nitrogens with zero attached hydrogens (tertiary/aromatic N) is 3. The number of hydrogen-bond donors (Lipinski definition) is 2. The summed E-state index contributed by atoms with van der Waals surface area (Å²) < 4.78 is 2.64. The summed E-state index contributed by atoms with van der Waals surface area (Å²) in [5.74, 6) is 0.260. The van der Waals surface area contributed by atoms with Crippen LogP contribution in [0.15, 0.2) is 28.7 Å². The van der Waals surface area contributed by atoms with Gasteiger partial charge in [-0.3, -0.25) is 4.79 Å². The van der Waals surface area contributed by atoms with E-state index < -0.39 is 0 Å². The molecule has 0 bridgehead atoms. The van der Waals surface area contributed by atoms with Crippen LogP contribution < -0.4 is 10.6 Å². The van der Waals surface area contributed by atoms with Gasteiger partial charge in [0, 0.05) is 10.5 Å². The lowest BCUT2D eigenvalue weighted by Crippen LogP contribution is -2.48. The van der Waals surface area contributed by atoms with Gasteiger partial charge in [0.2, 0.25) is 0 Å². The summed E-state index contributed by atoms with van der Waals surface area (Å²) in [6.45, 7) is 5.86. The first-order valence-electron chi connectivity index (χ1n) is 7.76. The molecule has 1 amide bonds. The van der Waals surface area contributed by atoms with Crippen LogP contribution in [0.5, 0.6) is 0 Å². The number of carbonyl (C=O) groups is 1. The second kappa shape index (κ2) is 8.09. The first kappa shape index (κ1) is 18.9. The van der Waals surface area contributed by atoms with Gasteiger partial charge in [0.1, 0.15) is 0 Å². The molecule has 6 nitrogen and oxygen atoms in total. The van der Waals surface area contributed by atoms with Crippen LogP contribution in [0, 0.1) is 12.8 Å². The van der Waals surface area contributed by atoms with E-state index in [0.29, 0.717) is 11.6 Å². The topological polar surface area (TPSA) is 71.8 Å². The van der Waals surface area contributed by atoms with Gasteiger partial charge in [0.25, 0.3) is 5.91 Å². The Morgan fingerprint density at radius 3 is 2.96 bits per heavy atom. The highest BCUT2D eigenvalue weighted by Gasteiger charge is 2.25. The van der Waals surface area contributed by atoms with Crippen molar-refractivity contribution in [2.75, 3.05) is 13.1 Å². The third-order valence-electron chi connectivity index (χ3n) is 4.26. The van der Waals surface area contributed by atoms with Crippen LogP contribution in [0.2, 0.25) is 0 Å². The second-order valence-corrected chi connectivity index (χ2v) is 6.88. The molecule has 0 aliphatic carbocycles. The Kier molecular flexibility index (Phi) is 6.37. The van der Waals surface area contributed by atoms with Crippen molar-refractivity contribution >= 4 is 34.2 Å². The standard InChI is InChI=1S/C16H20BrN5O.ClH/c1-10-9-18-7-6-14(10)19-16(23)15-11(2)22(21-20-15)13-5-3-4-12(17)8-13;/h3-5,8,10,14,18H,6-7,9H2,1-2H3,(H,19,23);1H. The Labute approximate surface area is 155 Å². The SMILES string of the molecule is Cc1c(C(=O)NC2CCNCC2C)nnn1-c1cccc(Br)c1.Cl. The maximum Gasteiger partial charge on any atom is 0.273 e. The van der Waals surface area contributed by atoms with Crippen LogP contribution in [0.3, 0.4) is 0 Å². The maximum atomic E-state index is 12.5. The average molecular weight is 415 g/mol. The molecule has 2 aromatic rings. The molecule has 3 rings (SSSR count). The van der Waals surface area contributed by atoms with Crippen molar-refractivity contribution in [1.82, 2.24) is 25.6 Å². The highest BCUT2D eigenvalue weighted by Crippen LogP contribution is 2.18. The number of hydrogen-bond acceptors (Lipinski definition) is 4. The Bertz CT molecular complexity index is 720. The van der Waals surface area contributed by atoms with Crippen LogP contribution in [0.4, 0.5) is 0 Å². The number of piperidine rings is 1. The number of amides is 1. The average Bonchev–Trinajstić information content (AvgIpc) is 2.91. The minimum Gasteiger partial charge on any atom is -0.347 e. The van der Waals surface area contributed by atoms with Crippen LogP contribution in [-0.4, -0.2) is 40.0 Å². The van der Waals surface area contributed by atoms with Crippen molar-refractivity contribution in [2.24, 2.45) is 5.92 Å². The molecule has 0 spiro atoms. The molecule has 24 heavy (non-hydrogen) atoms. The number of nitrogens with one attached hydrogen (secondary N) is 2. The lowest BCUT2D eigenvalue weighted by Gasteiger charge is -2.29. The molecule has 1 aliphatic rings. The minimum absolute atomic E-state index is 0. The molecular weight excluding hydrogens is 394 g/mol. The van der Waals surface area contributed by atoms with Crippen molar-refractivity contribution in [1.29, 1.82) is 0 Å². The van der Waals surface area contributed by atoms with E-state index in [1.807, 2.05) is 31.2 Å². The molecular formula is C16H21BrClN5O. The molecule has 2 heterocycles. The summed E-state index contributed by atoms with van der Waals surface area (Å²) in [5, 5.41) is 14.6. The number of rotatable bonds is 3. The van der Waals surface area contributed by atoms with Crippen LogP contribution >= 0.6 is 28.3 Å². The predicted octanol–water partition coefficient (Wildman–Crippen LogP) is 2.49. The molecule has 130 valence electrons. The van der Waals surface area contributed by atoms with E-state index in [4.69, 9.17) is 0 Å². The van der Waals surface area contributed by atoms with E-state index in [-0.39, 0.29) is 24.4 Å². The number of aromatic nitrogens is 3. The summed E-state index contributed by atoms with van der Waals surface area (Å²) in [4.78, 5) is 12.5. The number of benzene rings is 1. The van der Waals surface area contributed by atoms with Crippen molar-refractivity contribution < 1.29 is 4.79 Å². The summed E-state index contributed by atoms with van der Waals surface area (Å²) in [6, 6.07) is 7.93. The minimum atomic E-state index is -0.150. The third kappa shape index (κ3) is 3.96. The van der Waals surface area contributed by atoms with Gasteiger partial charge in [0.05, 0.1) is 11.4 Å². The van der Waals surface area contributed by atoms with Crippen LogP contribution in [0.25, 0.3) is 5.69 Å². The molecule has 1 aromatic carbocycles. The van der Waals surface area contributed by atoms with Gasteiger partial charge >= 0.3 is 0 Å². The molecule has 2 atom stereocenters. The molecule has 2 N–H and O–H groups in total. The summed E-state index contributed by atoms with van der Waals surface area (Å²) in [6.07, 6.45) is 0.936.